The summed E-state index contributed by atoms with van der Waals surface area (Å²) >= 11 is 0. The number of ether oxygens (including phenoxy) is 2. The molecule has 0 saturated carbocycles. The number of alkyl halides is 3. The van der Waals surface area contributed by atoms with Gasteiger partial charge in [0.2, 0.25) is 5.82 Å². The molecule has 0 radical (unpaired) electrons. The largest absolute Gasteiger partial charge is 0.490 e. The lowest BCUT2D eigenvalue weighted by molar-refractivity contribution is -0.145. The van der Waals surface area contributed by atoms with Crippen molar-refractivity contribution < 1.29 is 22.6 Å². The van der Waals surface area contributed by atoms with Crippen molar-refractivity contribution in [2.75, 3.05) is 13.2 Å². The van der Waals surface area contributed by atoms with Crippen LogP contribution in [0.25, 0.3) is 11.3 Å². The third-order valence-electron chi connectivity index (χ3n) is 6.47. The summed E-state index contributed by atoms with van der Waals surface area (Å²) in [6.07, 6.45) is 1.59. The Morgan fingerprint density at radius 2 is 1.94 bits per heavy atom. The molecule has 1 spiro atoms. The standard InChI is InChI=1S/C27H28F3N3O2/c1-18(2)35-22-11-6-10-21(33-15-14-32-25(33)27(28,29)30)23(22)20-16-26(34-17-20)12-7-13-31-24(26)19-8-4-3-5-9-19/h3-6,8-11,14-16,18,24,31H,7,12-13,17H2,1-2H3/t24-,26+/m0/s1. The van der Waals surface area contributed by atoms with Gasteiger partial charge in [-0.05, 0) is 62.6 Å². The zero-order valence-electron chi connectivity index (χ0n) is 19.7. The second kappa shape index (κ2) is 9.17. The average molecular weight is 484 g/mol. The van der Waals surface area contributed by atoms with E-state index in [1.54, 1.807) is 18.2 Å². The highest BCUT2D eigenvalue weighted by Crippen LogP contribution is 2.46. The lowest BCUT2D eigenvalue weighted by Gasteiger charge is -2.40. The van der Waals surface area contributed by atoms with Crippen LogP contribution in [0, 0.1) is 0 Å². The molecule has 3 heterocycles. The lowest BCUT2D eigenvalue weighted by atomic mass is 9.81. The fourth-order valence-electron chi connectivity index (χ4n) is 5.12. The molecular weight excluding hydrogens is 455 g/mol. The molecule has 35 heavy (non-hydrogen) atoms. The first-order valence-electron chi connectivity index (χ1n) is 11.8. The summed E-state index contributed by atoms with van der Waals surface area (Å²) in [5.41, 5.74) is 2.28. The Balaban J connectivity index is 1.65. The van der Waals surface area contributed by atoms with Crippen molar-refractivity contribution in [3.05, 3.63) is 84.0 Å². The van der Waals surface area contributed by atoms with Crippen LogP contribution in [0.3, 0.4) is 0 Å². The highest BCUT2D eigenvalue weighted by molar-refractivity contribution is 5.80. The van der Waals surface area contributed by atoms with E-state index < -0.39 is 17.6 Å². The van der Waals surface area contributed by atoms with Crippen LogP contribution < -0.4 is 10.1 Å². The molecule has 184 valence electrons. The van der Waals surface area contributed by atoms with Crippen LogP contribution in [0.2, 0.25) is 0 Å². The Morgan fingerprint density at radius 1 is 1.14 bits per heavy atom. The van der Waals surface area contributed by atoms with Crippen LogP contribution in [-0.4, -0.2) is 34.4 Å². The topological polar surface area (TPSA) is 48.3 Å². The summed E-state index contributed by atoms with van der Waals surface area (Å²) < 4.78 is 54.9. The van der Waals surface area contributed by atoms with E-state index in [0.717, 1.165) is 35.1 Å². The Morgan fingerprint density at radius 3 is 2.69 bits per heavy atom. The molecule has 0 amide bonds. The lowest BCUT2D eigenvalue weighted by Crippen LogP contribution is -2.47. The molecule has 5 nitrogen and oxygen atoms in total. The maximum absolute atomic E-state index is 13.7. The number of halogens is 3. The number of imidazole rings is 1. The zero-order chi connectivity index (χ0) is 24.6. The van der Waals surface area contributed by atoms with Gasteiger partial charge in [-0.3, -0.25) is 4.57 Å². The van der Waals surface area contributed by atoms with Gasteiger partial charge in [0.1, 0.15) is 11.4 Å². The minimum atomic E-state index is -4.59. The number of piperidine rings is 1. The van der Waals surface area contributed by atoms with Crippen LogP contribution in [0.4, 0.5) is 13.2 Å². The van der Waals surface area contributed by atoms with E-state index >= 15 is 0 Å². The molecule has 1 aromatic heterocycles. The van der Waals surface area contributed by atoms with Crippen molar-refractivity contribution in [1.82, 2.24) is 14.9 Å². The first-order chi connectivity index (χ1) is 16.8. The zero-order valence-corrected chi connectivity index (χ0v) is 19.7. The highest BCUT2D eigenvalue weighted by atomic mass is 19.4. The van der Waals surface area contributed by atoms with Crippen molar-refractivity contribution in [3.8, 4) is 11.4 Å². The van der Waals surface area contributed by atoms with Gasteiger partial charge >= 0.3 is 6.18 Å². The third-order valence-corrected chi connectivity index (χ3v) is 6.47. The van der Waals surface area contributed by atoms with E-state index in [1.807, 2.05) is 32.0 Å². The van der Waals surface area contributed by atoms with Gasteiger partial charge < -0.3 is 14.8 Å². The molecule has 3 aromatic rings. The summed E-state index contributed by atoms with van der Waals surface area (Å²) in [6.45, 7) is 4.93. The Bertz CT molecular complexity index is 1220. The highest BCUT2D eigenvalue weighted by Gasteiger charge is 2.45. The Hall–Kier alpha value is -3.10. The van der Waals surface area contributed by atoms with E-state index in [0.29, 0.717) is 17.0 Å². The number of nitrogens with zero attached hydrogens (tertiary/aromatic N) is 2. The number of aromatic nitrogens is 2. The summed E-state index contributed by atoms with van der Waals surface area (Å²) in [6, 6.07) is 15.2. The molecule has 1 saturated heterocycles. The molecule has 2 aliphatic rings. The minimum absolute atomic E-state index is 0.0597. The summed E-state index contributed by atoms with van der Waals surface area (Å²) in [5.74, 6) is -0.456. The number of hydrogen-bond acceptors (Lipinski definition) is 4. The smallest absolute Gasteiger partial charge is 0.450 e. The predicted molar refractivity (Wildman–Crippen MR) is 127 cm³/mol. The molecule has 0 unspecified atom stereocenters. The van der Waals surface area contributed by atoms with Crippen LogP contribution >= 0.6 is 0 Å². The van der Waals surface area contributed by atoms with Crippen LogP contribution in [-0.2, 0) is 10.9 Å². The summed E-state index contributed by atoms with van der Waals surface area (Å²) in [7, 11) is 0. The van der Waals surface area contributed by atoms with Gasteiger partial charge in [0.15, 0.2) is 0 Å². The first-order valence-corrected chi connectivity index (χ1v) is 11.8. The third kappa shape index (κ3) is 4.48. The fourth-order valence-corrected chi connectivity index (χ4v) is 5.12. The molecule has 0 aliphatic carbocycles. The summed E-state index contributed by atoms with van der Waals surface area (Å²) in [4.78, 5) is 3.59. The molecule has 5 rings (SSSR count). The van der Waals surface area contributed by atoms with Gasteiger partial charge in [-0.2, -0.15) is 13.2 Å². The van der Waals surface area contributed by atoms with Crippen molar-refractivity contribution in [2.24, 2.45) is 0 Å². The molecule has 2 aliphatic heterocycles. The molecule has 0 bridgehead atoms. The molecule has 8 heteroatoms. The van der Waals surface area contributed by atoms with E-state index in [2.05, 4.69) is 28.5 Å². The van der Waals surface area contributed by atoms with Gasteiger partial charge in [0.05, 0.1) is 24.4 Å². The van der Waals surface area contributed by atoms with E-state index in [9.17, 15) is 13.2 Å². The second-order valence-corrected chi connectivity index (χ2v) is 9.25. The van der Waals surface area contributed by atoms with Gasteiger partial charge in [-0.15, -0.1) is 0 Å². The normalized spacial score (nSPS) is 22.6. The molecule has 2 aromatic carbocycles. The van der Waals surface area contributed by atoms with Crippen molar-refractivity contribution >= 4 is 5.57 Å². The summed E-state index contributed by atoms with van der Waals surface area (Å²) in [5, 5.41) is 3.59. The first kappa shape index (κ1) is 23.6. The number of hydrogen-bond donors (Lipinski definition) is 1. The van der Waals surface area contributed by atoms with Crippen molar-refractivity contribution in [1.29, 1.82) is 0 Å². The van der Waals surface area contributed by atoms with Crippen LogP contribution in [0.5, 0.6) is 5.75 Å². The Kier molecular flexibility index (Phi) is 6.19. The number of nitrogens with one attached hydrogen (secondary N) is 1. The van der Waals surface area contributed by atoms with E-state index in [1.165, 1.54) is 12.4 Å². The van der Waals surface area contributed by atoms with E-state index in [-0.39, 0.29) is 18.8 Å². The maximum atomic E-state index is 13.7. The monoisotopic (exact) mass is 483 g/mol. The van der Waals surface area contributed by atoms with Gasteiger partial charge in [-0.25, -0.2) is 4.98 Å². The minimum Gasteiger partial charge on any atom is -0.490 e. The maximum Gasteiger partial charge on any atom is 0.450 e. The van der Waals surface area contributed by atoms with Gasteiger partial charge in [-0.1, -0.05) is 36.4 Å². The van der Waals surface area contributed by atoms with Crippen LogP contribution in [0.1, 0.15) is 49.7 Å². The van der Waals surface area contributed by atoms with Gasteiger partial charge in [0.25, 0.3) is 0 Å². The van der Waals surface area contributed by atoms with Crippen molar-refractivity contribution in [3.63, 3.8) is 0 Å². The van der Waals surface area contributed by atoms with E-state index in [4.69, 9.17) is 9.47 Å². The predicted octanol–water partition coefficient (Wildman–Crippen LogP) is 5.96. The van der Waals surface area contributed by atoms with Gasteiger partial charge in [0, 0.05) is 18.0 Å². The molecule has 1 N–H and O–H groups in total. The Labute approximate surface area is 202 Å². The number of benzene rings is 2. The van der Waals surface area contributed by atoms with Crippen molar-refractivity contribution in [2.45, 2.75) is 50.6 Å². The molecular formula is C27H28F3N3O2. The quantitative estimate of drug-likeness (QED) is 0.487. The fraction of sp³-hybridized carbons (Fsp3) is 0.370. The van der Waals surface area contributed by atoms with Crippen LogP contribution in [0.15, 0.2) is 67.0 Å². The average Bonchev–Trinajstić information content (AvgIpc) is 3.48. The molecule has 1 fully saturated rings. The SMILES string of the molecule is CC(C)Oc1cccc(-n2ccnc2C(F)(F)F)c1C1=C[C@@]2(CCCN[C@H]2c2ccccc2)OC1. The second-order valence-electron chi connectivity index (χ2n) is 9.25. The molecule has 2 atom stereocenters. The number of rotatable bonds is 5.